The number of amides is 1. The standard InChI is InChI=1S/C33H41NO7/c1-34(33(35)41-26-32-30-13-7-5-11-28(30)29-12-6-8-14-31(29)32)15-16-36-17-18-37-19-20-38-21-22-39-23-24-40-25-27-9-3-2-4-10-27/h2-14,32H,15-26H2,1H3. The van der Waals surface area contributed by atoms with Crippen molar-refractivity contribution in [1.82, 2.24) is 4.90 Å². The third-order valence-electron chi connectivity index (χ3n) is 6.82. The predicted octanol–water partition coefficient (Wildman–Crippen LogP) is 5.15. The van der Waals surface area contributed by atoms with Crippen LogP contribution in [0.25, 0.3) is 11.1 Å². The largest absolute Gasteiger partial charge is 0.448 e. The number of benzene rings is 3. The number of rotatable bonds is 19. The van der Waals surface area contributed by atoms with Crippen LogP contribution >= 0.6 is 0 Å². The highest BCUT2D eigenvalue weighted by Crippen LogP contribution is 2.44. The Balaban J connectivity index is 0.947. The Labute approximate surface area is 243 Å². The molecular weight excluding hydrogens is 522 g/mol. The van der Waals surface area contributed by atoms with Crippen LogP contribution in [0.3, 0.4) is 0 Å². The molecule has 0 heterocycles. The van der Waals surface area contributed by atoms with Crippen LogP contribution in [0.1, 0.15) is 22.6 Å². The quantitative estimate of drug-likeness (QED) is 0.187. The highest BCUT2D eigenvalue weighted by Gasteiger charge is 2.29. The maximum atomic E-state index is 12.6. The molecule has 0 fully saturated rings. The molecule has 0 unspecified atom stereocenters. The van der Waals surface area contributed by atoms with Gasteiger partial charge in [0, 0.05) is 19.5 Å². The fourth-order valence-electron chi connectivity index (χ4n) is 4.64. The average molecular weight is 564 g/mol. The fraction of sp³-hybridized carbons (Fsp3) is 0.424. The van der Waals surface area contributed by atoms with Gasteiger partial charge in [-0.25, -0.2) is 4.79 Å². The molecule has 0 bridgehead atoms. The van der Waals surface area contributed by atoms with Crippen molar-refractivity contribution in [2.24, 2.45) is 0 Å². The normalized spacial score (nSPS) is 12.2. The molecule has 0 N–H and O–H groups in total. The van der Waals surface area contributed by atoms with Crippen LogP contribution in [0.4, 0.5) is 4.79 Å². The van der Waals surface area contributed by atoms with E-state index in [9.17, 15) is 4.79 Å². The Morgan fingerprint density at radius 1 is 0.610 bits per heavy atom. The lowest BCUT2D eigenvalue weighted by Gasteiger charge is -2.19. The summed E-state index contributed by atoms with van der Waals surface area (Å²) in [7, 11) is 1.72. The van der Waals surface area contributed by atoms with Gasteiger partial charge in [-0.2, -0.15) is 0 Å². The summed E-state index contributed by atoms with van der Waals surface area (Å²) < 4.78 is 33.4. The van der Waals surface area contributed by atoms with Crippen LogP contribution in [0.5, 0.6) is 0 Å². The van der Waals surface area contributed by atoms with Gasteiger partial charge in [-0.15, -0.1) is 0 Å². The molecular formula is C33H41NO7. The molecule has 1 aliphatic rings. The average Bonchev–Trinajstić information content (AvgIpc) is 3.33. The van der Waals surface area contributed by atoms with E-state index in [1.54, 1.807) is 11.9 Å². The zero-order valence-electron chi connectivity index (χ0n) is 23.9. The smallest absolute Gasteiger partial charge is 0.409 e. The summed E-state index contributed by atoms with van der Waals surface area (Å²) in [6, 6.07) is 26.7. The second kappa shape index (κ2) is 17.5. The molecule has 1 amide bonds. The Kier molecular flexibility index (Phi) is 13.1. The second-order valence-corrected chi connectivity index (χ2v) is 9.71. The van der Waals surface area contributed by atoms with Crippen LogP contribution in [-0.2, 0) is 35.0 Å². The Hall–Kier alpha value is -3.27. The summed E-state index contributed by atoms with van der Waals surface area (Å²) in [5, 5.41) is 0. The zero-order chi connectivity index (χ0) is 28.5. The van der Waals surface area contributed by atoms with Crippen molar-refractivity contribution < 1.29 is 33.2 Å². The number of carbonyl (C=O) groups is 1. The predicted molar refractivity (Wildman–Crippen MR) is 157 cm³/mol. The Bertz CT molecular complexity index is 1130. The lowest BCUT2D eigenvalue weighted by atomic mass is 9.98. The van der Waals surface area contributed by atoms with Crippen LogP contribution in [-0.4, -0.2) is 90.7 Å². The molecule has 0 atom stereocenters. The van der Waals surface area contributed by atoms with E-state index < -0.39 is 0 Å². The monoisotopic (exact) mass is 563 g/mol. The topological polar surface area (TPSA) is 75.7 Å². The minimum Gasteiger partial charge on any atom is -0.448 e. The van der Waals surface area contributed by atoms with Crippen molar-refractivity contribution in [3.05, 3.63) is 95.6 Å². The van der Waals surface area contributed by atoms with Crippen LogP contribution in [0, 0.1) is 0 Å². The van der Waals surface area contributed by atoms with Gasteiger partial charge in [0.05, 0.1) is 66.1 Å². The van der Waals surface area contributed by atoms with Crippen molar-refractivity contribution in [2.45, 2.75) is 12.5 Å². The summed E-state index contributed by atoms with van der Waals surface area (Å²) in [4.78, 5) is 14.1. The molecule has 3 aromatic carbocycles. The molecule has 3 aromatic rings. The zero-order valence-corrected chi connectivity index (χ0v) is 23.9. The molecule has 1 aliphatic carbocycles. The number of ether oxygens (including phenoxy) is 6. The molecule has 0 saturated heterocycles. The number of fused-ring (bicyclic) bond motifs is 3. The van der Waals surface area contributed by atoms with Crippen molar-refractivity contribution in [2.75, 3.05) is 79.7 Å². The molecule has 220 valence electrons. The summed E-state index contributed by atoms with van der Waals surface area (Å²) >= 11 is 0. The first-order valence-corrected chi connectivity index (χ1v) is 14.2. The van der Waals surface area contributed by atoms with Gasteiger partial charge in [-0.3, -0.25) is 0 Å². The van der Waals surface area contributed by atoms with Crippen molar-refractivity contribution >= 4 is 6.09 Å². The molecule has 8 heteroatoms. The highest BCUT2D eigenvalue weighted by molar-refractivity contribution is 5.79. The summed E-state index contributed by atoms with van der Waals surface area (Å²) in [6.45, 7) is 5.79. The number of hydrogen-bond acceptors (Lipinski definition) is 7. The third-order valence-corrected chi connectivity index (χ3v) is 6.82. The summed E-state index contributed by atoms with van der Waals surface area (Å²) in [6.07, 6.45) is -0.354. The lowest BCUT2D eigenvalue weighted by Crippen LogP contribution is -2.32. The molecule has 0 saturated carbocycles. The van der Waals surface area contributed by atoms with E-state index in [2.05, 4.69) is 24.3 Å². The SMILES string of the molecule is CN(CCOCCOCCOCCOCCOCc1ccccc1)C(=O)OCC1c2ccccc2-c2ccccc21. The van der Waals surface area contributed by atoms with Gasteiger partial charge in [-0.05, 0) is 27.8 Å². The molecule has 0 spiro atoms. The van der Waals surface area contributed by atoms with E-state index in [1.807, 2.05) is 54.6 Å². The third kappa shape index (κ3) is 9.95. The number of nitrogens with zero attached hydrogens (tertiary/aromatic N) is 1. The molecule has 4 rings (SSSR count). The number of hydrogen-bond donors (Lipinski definition) is 0. The minimum absolute atomic E-state index is 0.0504. The van der Waals surface area contributed by atoms with Crippen LogP contribution in [0.2, 0.25) is 0 Å². The Morgan fingerprint density at radius 2 is 1.07 bits per heavy atom. The molecule has 8 nitrogen and oxygen atoms in total. The number of carbonyl (C=O) groups excluding carboxylic acids is 1. The van der Waals surface area contributed by atoms with Gasteiger partial charge < -0.3 is 33.3 Å². The first kappa shape index (κ1) is 30.7. The second-order valence-electron chi connectivity index (χ2n) is 9.71. The molecule has 0 radical (unpaired) electrons. The van der Waals surface area contributed by atoms with Crippen molar-refractivity contribution in [1.29, 1.82) is 0 Å². The maximum absolute atomic E-state index is 12.6. The van der Waals surface area contributed by atoms with Crippen molar-refractivity contribution in [3.63, 3.8) is 0 Å². The van der Waals surface area contributed by atoms with E-state index in [0.717, 1.165) is 5.56 Å². The van der Waals surface area contributed by atoms with Crippen molar-refractivity contribution in [3.8, 4) is 11.1 Å². The summed E-state index contributed by atoms with van der Waals surface area (Å²) in [5.74, 6) is 0.0504. The van der Waals surface area contributed by atoms with E-state index in [4.69, 9.17) is 28.4 Å². The van der Waals surface area contributed by atoms with Gasteiger partial charge in [0.15, 0.2) is 0 Å². The lowest BCUT2D eigenvalue weighted by molar-refractivity contribution is -0.0133. The molecule has 41 heavy (non-hydrogen) atoms. The van der Waals surface area contributed by atoms with E-state index in [-0.39, 0.29) is 12.0 Å². The van der Waals surface area contributed by atoms with Gasteiger partial charge in [-0.1, -0.05) is 78.9 Å². The van der Waals surface area contributed by atoms with Crippen LogP contribution in [0.15, 0.2) is 78.9 Å². The van der Waals surface area contributed by atoms with E-state index in [0.29, 0.717) is 79.2 Å². The van der Waals surface area contributed by atoms with Gasteiger partial charge in [0.2, 0.25) is 0 Å². The first-order chi connectivity index (χ1) is 20.2. The number of likely N-dealkylation sites (N-methyl/N-ethyl adjacent to an activating group) is 1. The van der Waals surface area contributed by atoms with E-state index >= 15 is 0 Å². The van der Waals surface area contributed by atoms with E-state index in [1.165, 1.54) is 22.3 Å². The first-order valence-electron chi connectivity index (χ1n) is 14.2. The van der Waals surface area contributed by atoms with Crippen LogP contribution < -0.4 is 0 Å². The maximum Gasteiger partial charge on any atom is 0.409 e. The summed E-state index contributed by atoms with van der Waals surface area (Å²) in [5.41, 5.74) is 5.98. The molecule has 0 aliphatic heterocycles. The highest BCUT2D eigenvalue weighted by atomic mass is 16.6. The van der Waals surface area contributed by atoms with Gasteiger partial charge in [0.25, 0.3) is 0 Å². The fourth-order valence-corrected chi connectivity index (χ4v) is 4.64. The Morgan fingerprint density at radius 3 is 1.63 bits per heavy atom. The molecule has 0 aromatic heterocycles. The minimum atomic E-state index is -0.354. The van der Waals surface area contributed by atoms with Gasteiger partial charge in [0.1, 0.15) is 6.61 Å². The van der Waals surface area contributed by atoms with Gasteiger partial charge >= 0.3 is 6.09 Å².